The Labute approximate surface area is 146 Å². The molecule has 1 fully saturated rings. The van der Waals surface area contributed by atoms with E-state index in [4.69, 9.17) is 0 Å². The fourth-order valence-electron chi connectivity index (χ4n) is 3.93. The molecule has 0 spiro atoms. The number of benzene rings is 1. The Morgan fingerprint density at radius 3 is 2.54 bits per heavy atom. The van der Waals surface area contributed by atoms with Crippen LogP contribution in [-0.4, -0.2) is 13.0 Å². The number of para-hydroxylation sites is 1. The third kappa shape index (κ3) is 3.87. The Morgan fingerprint density at radius 1 is 1.38 bits per heavy atom. The van der Waals surface area contributed by atoms with E-state index >= 15 is 0 Å². The molecule has 0 bridgehead atoms. The lowest BCUT2D eigenvalue weighted by atomic mass is 9.62. The van der Waals surface area contributed by atoms with E-state index in [0.717, 1.165) is 30.5 Å². The summed E-state index contributed by atoms with van der Waals surface area (Å²) in [7, 11) is 1.76. The highest BCUT2D eigenvalue weighted by Crippen LogP contribution is 2.47. The van der Waals surface area contributed by atoms with Gasteiger partial charge >= 0.3 is 0 Å². The summed E-state index contributed by atoms with van der Waals surface area (Å²) in [6, 6.07) is 11.8. The van der Waals surface area contributed by atoms with E-state index in [-0.39, 0.29) is 23.2 Å². The van der Waals surface area contributed by atoms with Crippen molar-refractivity contribution in [2.75, 3.05) is 11.9 Å². The van der Waals surface area contributed by atoms with Crippen molar-refractivity contribution in [1.29, 1.82) is 5.26 Å². The van der Waals surface area contributed by atoms with E-state index in [0.29, 0.717) is 0 Å². The molecule has 0 aromatic heterocycles. The molecular formula is C21H28N2O. The standard InChI is InChI=1S/C21H28N2O/c1-15(2)17-11-12-21(3,4)13-18(17)19(14-22)20(24)23(5)16-9-7-6-8-10-16/h6-10,17-19H,1,11-13H2,2-5H3/t17-,18+,19?/m1/s1. The maximum atomic E-state index is 13.0. The van der Waals surface area contributed by atoms with Crippen molar-refractivity contribution in [1.82, 2.24) is 0 Å². The number of hydrogen-bond donors (Lipinski definition) is 0. The summed E-state index contributed by atoms with van der Waals surface area (Å²) in [5, 5.41) is 9.79. The molecule has 1 aromatic carbocycles. The van der Waals surface area contributed by atoms with E-state index in [1.807, 2.05) is 37.3 Å². The lowest BCUT2D eigenvalue weighted by molar-refractivity contribution is -0.123. The van der Waals surface area contributed by atoms with Gasteiger partial charge in [-0.05, 0) is 55.6 Å². The molecule has 1 amide bonds. The number of carbonyl (C=O) groups excluding carboxylic acids is 1. The molecule has 24 heavy (non-hydrogen) atoms. The van der Waals surface area contributed by atoms with Gasteiger partial charge in [-0.15, -0.1) is 0 Å². The van der Waals surface area contributed by atoms with Crippen LogP contribution in [0.3, 0.4) is 0 Å². The topological polar surface area (TPSA) is 44.1 Å². The average Bonchev–Trinajstić information content (AvgIpc) is 2.54. The molecule has 1 aromatic rings. The second kappa shape index (κ2) is 7.21. The van der Waals surface area contributed by atoms with Crippen LogP contribution in [-0.2, 0) is 4.79 Å². The summed E-state index contributed by atoms with van der Waals surface area (Å²) < 4.78 is 0. The quantitative estimate of drug-likeness (QED) is 0.746. The molecular weight excluding hydrogens is 296 g/mol. The number of hydrogen-bond acceptors (Lipinski definition) is 2. The van der Waals surface area contributed by atoms with Gasteiger partial charge in [0.2, 0.25) is 5.91 Å². The molecule has 1 saturated carbocycles. The van der Waals surface area contributed by atoms with Gasteiger partial charge < -0.3 is 4.90 Å². The summed E-state index contributed by atoms with van der Waals surface area (Å²) in [5.41, 5.74) is 2.08. The fourth-order valence-corrected chi connectivity index (χ4v) is 3.93. The molecule has 1 aliphatic rings. The summed E-state index contributed by atoms with van der Waals surface area (Å²) in [6.07, 6.45) is 3.01. The number of anilines is 1. The first kappa shape index (κ1) is 18.3. The molecule has 0 saturated heterocycles. The number of rotatable bonds is 4. The maximum absolute atomic E-state index is 13.0. The van der Waals surface area contributed by atoms with Crippen molar-refractivity contribution in [2.45, 2.75) is 40.0 Å². The first-order valence-corrected chi connectivity index (χ1v) is 8.64. The second-order valence-corrected chi connectivity index (χ2v) is 7.86. The Balaban J connectivity index is 2.29. The SMILES string of the molecule is C=C(C)[C@H]1CCC(C)(C)C[C@@H]1C(C#N)C(=O)N(C)c1ccccc1. The van der Waals surface area contributed by atoms with Gasteiger partial charge in [0, 0.05) is 12.7 Å². The zero-order valence-electron chi connectivity index (χ0n) is 15.2. The van der Waals surface area contributed by atoms with Crippen molar-refractivity contribution in [2.24, 2.45) is 23.2 Å². The molecule has 3 nitrogen and oxygen atoms in total. The number of allylic oxidation sites excluding steroid dienone is 1. The van der Waals surface area contributed by atoms with Gasteiger partial charge in [-0.1, -0.05) is 44.2 Å². The molecule has 128 valence electrons. The minimum Gasteiger partial charge on any atom is -0.314 e. The molecule has 0 N–H and O–H groups in total. The maximum Gasteiger partial charge on any atom is 0.244 e. The molecule has 1 aliphatic carbocycles. The molecule has 1 unspecified atom stereocenters. The lowest BCUT2D eigenvalue weighted by Gasteiger charge is -2.43. The number of amides is 1. The third-order valence-corrected chi connectivity index (χ3v) is 5.38. The smallest absolute Gasteiger partial charge is 0.244 e. The molecule has 0 radical (unpaired) electrons. The number of nitriles is 1. The normalized spacial score (nSPS) is 23.8. The van der Waals surface area contributed by atoms with Gasteiger partial charge in [0.05, 0.1) is 6.07 Å². The predicted octanol–water partition coefficient (Wildman–Crippen LogP) is 4.81. The Morgan fingerprint density at radius 2 is 2.00 bits per heavy atom. The van der Waals surface area contributed by atoms with Crippen molar-refractivity contribution in [3.63, 3.8) is 0 Å². The van der Waals surface area contributed by atoms with Crippen molar-refractivity contribution in [3.05, 3.63) is 42.5 Å². The van der Waals surface area contributed by atoms with Crippen LogP contribution in [0.5, 0.6) is 0 Å². The zero-order valence-corrected chi connectivity index (χ0v) is 15.2. The number of carbonyl (C=O) groups is 1. The monoisotopic (exact) mass is 324 g/mol. The van der Waals surface area contributed by atoms with Crippen LogP contribution in [0.15, 0.2) is 42.5 Å². The zero-order chi connectivity index (χ0) is 17.9. The van der Waals surface area contributed by atoms with Gasteiger partial charge in [-0.3, -0.25) is 4.79 Å². The van der Waals surface area contributed by atoms with E-state index in [9.17, 15) is 10.1 Å². The van der Waals surface area contributed by atoms with Crippen LogP contribution < -0.4 is 4.90 Å². The van der Waals surface area contributed by atoms with Gasteiger partial charge in [0.15, 0.2) is 0 Å². The van der Waals surface area contributed by atoms with Crippen molar-refractivity contribution < 1.29 is 4.79 Å². The highest BCUT2D eigenvalue weighted by Gasteiger charge is 2.43. The highest BCUT2D eigenvalue weighted by atomic mass is 16.2. The fraction of sp³-hybridized carbons (Fsp3) is 0.524. The summed E-state index contributed by atoms with van der Waals surface area (Å²) in [6.45, 7) is 10.6. The van der Waals surface area contributed by atoms with Crippen molar-refractivity contribution >= 4 is 11.6 Å². The van der Waals surface area contributed by atoms with E-state index in [2.05, 4.69) is 26.5 Å². The first-order chi connectivity index (χ1) is 11.3. The average molecular weight is 324 g/mol. The minimum absolute atomic E-state index is 0.0370. The minimum atomic E-state index is -0.628. The highest BCUT2D eigenvalue weighted by molar-refractivity contribution is 5.96. The molecule has 0 aliphatic heterocycles. The van der Waals surface area contributed by atoms with E-state index in [1.165, 1.54) is 0 Å². The van der Waals surface area contributed by atoms with Crippen LogP contribution in [0, 0.1) is 34.5 Å². The van der Waals surface area contributed by atoms with Crippen LogP contribution >= 0.6 is 0 Å². The van der Waals surface area contributed by atoms with Crippen LogP contribution in [0.1, 0.15) is 40.0 Å². The van der Waals surface area contributed by atoms with Crippen LogP contribution in [0.2, 0.25) is 0 Å². The van der Waals surface area contributed by atoms with E-state index < -0.39 is 5.92 Å². The Bertz CT molecular complexity index is 642. The van der Waals surface area contributed by atoms with Gasteiger partial charge in [-0.2, -0.15) is 5.26 Å². The summed E-state index contributed by atoms with van der Waals surface area (Å²) in [4.78, 5) is 14.6. The van der Waals surface area contributed by atoms with E-state index in [1.54, 1.807) is 11.9 Å². The number of nitrogens with zero attached hydrogens (tertiary/aromatic N) is 2. The molecule has 2 rings (SSSR count). The van der Waals surface area contributed by atoms with Gasteiger partial charge in [0.1, 0.15) is 5.92 Å². The summed E-state index contributed by atoms with van der Waals surface area (Å²) >= 11 is 0. The molecule has 3 heteroatoms. The Kier molecular flexibility index (Phi) is 5.49. The summed E-state index contributed by atoms with van der Waals surface area (Å²) in [5.74, 6) is -0.458. The largest absolute Gasteiger partial charge is 0.314 e. The Hall–Kier alpha value is -2.08. The van der Waals surface area contributed by atoms with Gasteiger partial charge in [0.25, 0.3) is 0 Å². The van der Waals surface area contributed by atoms with Crippen LogP contribution in [0.25, 0.3) is 0 Å². The van der Waals surface area contributed by atoms with Gasteiger partial charge in [-0.25, -0.2) is 0 Å². The molecule has 3 atom stereocenters. The second-order valence-electron chi connectivity index (χ2n) is 7.86. The molecule has 0 heterocycles. The predicted molar refractivity (Wildman–Crippen MR) is 98.4 cm³/mol. The lowest BCUT2D eigenvalue weighted by Crippen LogP contribution is -2.42. The van der Waals surface area contributed by atoms with Crippen molar-refractivity contribution in [3.8, 4) is 6.07 Å². The van der Waals surface area contributed by atoms with Crippen LogP contribution in [0.4, 0.5) is 5.69 Å². The third-order valence-electron chi connectivity index (χ3n) is 5.38. The first-order valence-electron chi connectivity index (χ1n) is 8.64.